The van der Waals surface area contributed by atoms with Crippen molar-refractivity contribution in [3.05, 3.63) is 29.3 Å². The van der Waals surface area contributed by atoms with Gasteiger partial charge < -0.3 is 10.1 Å². The first-order valence-electron chi connectivity index (χ1n) is 7.31. The molecule has 0 fully saturated rings. The van der Waals surface area contributed by atoms with Gasteiger partial charge in [-0.05, 0) is 31.5 Å². The van der Waals surface area contributed by atoms with Gasteiger partial charge in [-0.1, -0.05) is 13.3 Å². The van der Waals surface area contributed by atoms with Crippen molar-refractivity contribution in [2.75, 3.05) is 6.61 Å². The molecule has 2 rings (SSSR count). The number of benzene rings is 1. The Balaban J connectivity index is 2.35. The third-order valence-corrected chi connectivity index (χ3v) is 3.37. The third-order valence-electron chi connectivity index (χ3n) is 3.37. The molecule has 0 unspecified atom stereocenters. The highest BCUT2D eigenvalue weighted by Gasteiger charge is 2.35. The number of halogens is 3. The average Bonchev–Trinajstić information content (AvgIpc) is 2.47. The number of carbonyl (C=O) groups is 1. The van der Waals surface area contributed by atoms with Crippen LogP contribution in [0, 0.1) is 0 Å². The van der Waals surface area contributed by atoms with Crippen LogP contribution < -0.4 is 15.5 Å². The van der Waals surface area contributed by atoms with E-state index in [0.29, 0.717) is 12.1 Å². The summed E-state index contributed by atoms with van der Waals surface area (Å²) in [5, 5.41) is 6.39. The van der Waals surface area contributed by atoms with E-state index in [1.165, 1.54) is 12.1 Å². The molecule has 0 spiro atoms. The summed E-state index contributed by atoms with van der Waals surface area (Å²) in [6, 6.07) is 2.81. The van der Waals surface area contributed by atoms with Crippen LogP contribution in [0.5, 0.6) is 5.75 Å². The molecule has 0 radical (unpaired) electrons. The molecule has 0 aromatic heterocycles. The molecular formula is C15H18F3N3O2. The zero-order chi connectivity index (χ0) is 17.0. The van der Waals surface area contributed by atoms with Crippen molar-refractivity contribution >= 4 is 11.7 Å². The highest BCUT2D eigenvalue weighted by Crippen LogP contribution is 2.37. The smallest absolute Gasteiger partial charge is 0.419 e. The molecule has 1 heterocycles. The standard InChI is InChI=1S/C15H18F3N3O2/c1-3-4-7-23-12-6-5-10(8-11(12)15(16,17)18)13-9(2)19-14(22)21-20-13/h5-6,8-9H,3-4,7H2,1-2H3,(H2,19,21,22)/t9-/m0/s1. The Morgan fingerprint density at radius 3 is 2.70 bits per heavy atom. The van der Waals surface area contributed by atoms with E-state index in [1.54, 1.807) is 6.92 Å². The lowest BCUT2D eigenvalue weighted by molar-refractivity contribution is -0.139. The monoisotopic (exact) mass is 329 g/mol. The fraction of sp³-hybridized carbons (Fsp3) is 0.467. The molecule has 0 aliphatic carbocycles. The number of rotatable bonds is 5. The second-order valence-corrected chi connectivity index (χ2v) is 5.21. The number of hydrogen-bond donors (Lipinski definition) is 2. The van der Waals surface area contributed by atoms with Crippen LogP contribution in [-0.4, -0.2) is 24.4 Å². The zero-order valence-electron chi connectivity index (χ0n) is 12.8. The Labute approximate surface area is 131 Å². The van der Waals surface area contributed by atoms with E-state index in [0.717, 1.165) is 12.5 Å². The normalized spacial score (nSPS) is 18.0. The van der Waals surface area contributed by atoms with Gasteiger partial charge in [-0.3, -0.25) is 0 Å². The van der Waals surface area contributed by atoms with Gasteiger partial charge in [0.1, 0.15) is 5.75 Å². The van der Waals surface area contributed by atoms with Crippen molar-refractivity contribution in [1.29, 1.82) is 0 Å². The van der Waals surface area contributed by atoms with Crippen molar-refractivity contribution < 1.29 is 22.7 Å². The highest BCUT2D eigenvalue weighted by molar-refractivity contribution is 6.07. The Morgan fingerprint density at radius 2 is 2.09 bits per heavy atom. The van der Waals surface area contributed by atoms with Crippen LogP contribution in [-0.2, 0) is 6.18 Å². The van der Waals surface area contributed by atoms with Gasteiger partial charge in [-0.15, -0.1) is 0 Å². The first-order valence-corrected chi connectivity index (χ1v) is 7.31. The number of alkyl halides is 3. The number of nitrogens with zero attached hydrogens (tertiary/aromatic N) is 1. The SMILES string of the molecule is CCCCOc1ccc(C2=NNC(=O)N[C@H]2C)cc1C(F)(F)F. The Morgan fingerprint density at radius 1 is 1.35 bits per heavy atom. The number of unbranched alkanes of at least 4 members (excludes halogenated alkanes) is 1. The summed E-state index contributed by atoms with van der Waals surface area (Å²) in [5.41, 5.74) is 1.96. The van der Waals surface area contributed by atoms with Crippen LogP contribution in [0.2, 0.25) is 0 Å². The molecule has 0 saturated heterocycles. The van der Waals surface area contributed by atoms with E-state index in [1.807, 2.05) is 6.92 Å². The second kappa shape index (κ2) is 6.89. The number of ether oxygens (including phenoxy) is 1. The number of amides is 2. The molecular weight excluding hydrogens is 311 g/mol. The molecule has 8 heteroatoms. The minimum atomic E-state index is -4.54. The molecule has 2 amide bonds. The fourth-order valence-electron chi connectivity index (χ4n) is 2.18. The minimum absolute atomic E-state index is 0.198. The molecule has 0 bridgehead atoms. The van der Waals surface area contributed by atoms with E-state index >= 15 is 0 Å². The molecule has 1 aliphatic rings. The van der Waals surface area contributed by atoms with Gasteiger partial charge in [-0.25, -0.2) is 10.2 Å². The predicted molar refractivity (Wildman–Crippen MR) is 79.5 cm³/mol. The Kier molecular flexibility index (Phi) is 5.12. The average molecular weight is 329 g/mol. The van der Waals surface area contributed by atoms with Gasteiger partial charge in [0.2, 0.25) is 0 Å². The van der Waals surface area contributed by atoms with Gasteiger partial charge in [-0.2, -0.15) is 18.3 Å². The maximum Gasteiger partial charge on any atom is 0.419 e. The first-order chi connectivity index (χ1) is 10.8. The number of hydrogen-bond acceptors (Lipinski definition) is 3. The Hall–Kier alpha value is -2.25. The molecule has 23 heavy (non-hydrogen) atoms. The molecule has 5 nitrogen and oxygen atoms in total. The first kappa shape index (κ1) is 17.1. The molecule has 1 aromatic carbocycles. The lowest BCUT2D eigenvalue weighted by Gasteiger charge is -2.22. The van der Waals surface area contributed by atoms with E-state index in [9.17, 15) is 18.0 Å². The maximum absolute atomic E-state index is 13.3. The van der Waals surface area contributed by atoms with E-state index < -0.39 is 23.8 Å². The van der Waals surface area contributed by atoms with Crippen LogP contribution >= 0.6 is 0 Å². The number of nitrogens with one attached hydrogen (secondary N) is 2. The zero-order valence-corrected chi connectivity index (χ0v) is 12.8. The summed E-state index contributed by atoms with van der Waals surface area (Å²) in [4.78, 5) is 11.1. The molecule has 1 aliphatic heterocycles. The largest absolute Gasteiger partial charge is 0.493 e. The molecule has 1 atom stereocenters. The highest BCUT2D eigenvalue weighted by atomic mass is 19.4. The number of carbonyl (C=O) groups excluding carboxylic acids is 1. The van der Waals surface area contributed by atoms with Crippen molar-refractivity contribution in [2.24, 2.45) is 5.10 Å². The van der Waals surface area contributed by atoms with Crippen LogP contribution in [0.1, 0.15) is 37.8 Å². The Bertz CT molecular complexity index is 614. The van der Waals surface area contributed by atoms with Gasteiger partial charge in [0, 0.05) is 5.56 Å². The van der Waals surface area contributed by atoms with Crippen LogP contribution in [0.25, 0.3) is 0 Å². The number of hydrazone groups is 1. The van der Waals surface area contributed by atoms with Crippen LogP contribution in [0.4, 0.5) is 18.0 Å². The van der Waals surface area contributed by atoms with Gasteiger partial charge in [0.15, 0.2) is 0 Å². The summed E-state index contributed by atoms with van der Waals surface area (Å²) in [6.07, 6.45) is -3.02. The van der Waals surface area contributed by atoms with Crippen molar-refractivity contribution in [1.82, 2.24) is 10.7 Å². The fourth-order valence-corrected chi connectivity index (χ4v) is 2.18. The van der Waals surface area contributed by atoms with Gasteiger partial charge >= 0.3 is 12.2 Å². The third kappa shape index (κ3) is 4.14. The van der Waals surface area contributed by atoms with Crippen molar-refractivity contribution in [3.8, 4) is 5.75 Å². The maximum atomic E-state index is 13.3. The van der Waals surface area contributed by atoms with Gasteiger partial charge in [0.05, 0.1) is 23.9 Å². The predicted octanol–water partition coefficient (Wildman–Crippen LogP) is 3.29. The van der Waals surface area contributed by atoms with E-state index in [4.69, 9.17) is 4.74 Å². The summed E-state index contributed by atoms with van der Waals surface area (Å²) in [5.74, 6) is -0.198. The van der Waals surface area contributed by atoms with E-state index in [2.05, 4.69) is 15.8 Å². The van der Waals surface area contributed by atoms with Crippen molar-refractivity contribution in [2.45, 2.75) is 38.9 Å². The van der Waals surface area contributed by atoms with E-state index in [-0.39, 0.29) is 17.9 Å². The second-order valence-electron chi connectivity index (χ2n) is 5.21. The molecule has 0 saturated carbocycles. The molecule has 126 valence electrons. The van der Waals surface area contributed by atoms with Crippen LogP contribution in [0.15, 0.2) is 23.3 Å². The quantitative estimate of drug-likeness (QED) is 0.814. The van der Waals surface area contributed by atoms with Crippen molar-refractivity contribution in [3.63, 3.8) is 0 Å². The topological polar surface area (TPSA) is 62.7 Å². The molecule has 2 N–H and O–H groups in total. The van der Waals surface area contributed by atoms with Crippen LogP contribution in [0.3, 0.4) is 0 Å². The summed E-state index contributed by atoms with van der Waals surface area (Å²) in [6.45, 7) is 3.81. The summed E-state index contributed by atoms with van der Waals surface area (Å²) in [7, 11) is 0. The lowest BCUT2D eigenvalue weighted by atomic mass is 10.0. The minimum Gasteiger partial charge on any atom is -0.493 e. The lowest BCUT2D eigenvalue weighted by Crippen LogP contribution is -2.48. The summed E-state index contributed by atoms with van der Waals surface area (Å²) < 4.78 is 45.0. The number of urea groups is 1. The van der Waals surface area contributed by atoms with Gasteiger partial charge in [0.25, 0.3) is 0 Å². The molecule has 1 aromatic rings. The summed E-state index contributed by atoms with van der Waals surface area (Å²) >= 11 is 0.